The van der Waals surface area contributed by atoms with Gasteiger partial charge in [-0.15, -0.1) is 0 Å². The van der Waals surface area contributed by atoms with Crippen LogP contribution in [0.1, 0.15) is 13.8 Å². The summed E-state index contributed by atoms with van der Waals surface area (Å²) < 4.78 is 11.1. The van der Waals surface area contributed by atoms with Gasteiger partial charge in [0.1, 0.15) is 0 Å². The molecule has 0 saturated carbocycles. The Morgan fingerprint density at radius 1 is 1.53 bits per heavy atom. The highest BCUT2D eigenvalue weighted by atomic mass is 32.2. The highest BCUT2D eigenvalue weighted by molar-refractivity contribution is 7.84. The van der Waals surface area contributed by atoms with E-state index in [2.05, 4.69) is 10.6 Å². The molecule has 1 rings (SSSR count). The highest BCUT2D eigenvalue weighted by Gasteiger charge is 2.28. The van der Waals surface area contributed by atoms with Crippen molar-refractivity contribution < 1.29 is 9.00 Å². The zero-order chi connectivity index (χ0) is 11.4. The molecule has 0 aromatic rings. The van der Waals surface area contributed by atoms with Gasteiger partial charge >= 0.3 is 0 Å². The molecule has 15 heavy (non-hydrogen) atoms. The molecule has 1 aliphatic rings. The second-order valence-corrected chi connectivity index (χ2v) is 6.06. The molecule has 3 atom stereocenters. The predicted molar refractivity (Wildman–Crippen MR) is 62.1 cm³/mol. The van der Waals surface area contributed by atoms with Crippen LogP contribution in [0.15, 0.2) is 0 Å². The third kappa shape index (κ3) is 3.57. The Labute approximate surface area is 93.7 Å². The van der Waals surface area contributed by atoms with E-state index in [9.17, 15) is 9.00 Å². The normalized spacial score (nSPS) is 22.6. The molecule has 0 spiro atoms. The molecule has 1 fully saturated rings. The molecular weight excluding hydrogens is 212 g/mol. The molecule has 0 radical (unpaired) electrons. The lowest BCUT2D eigenvalue weighted by Crippen LogP contribution is -2.50. The van der Waals surface area contributed by atoms with Gasteiger partial charge in [-0.3, -0.25) is 9.00 Å². The first-order valence-electron chi connectivity index (χ1n) is 5.33. The smallest absolute Gasteiger partial charge is 0.223 e. The summed E-state index contributed by atoms with van der Waals surface area (Å²) in [7, 11) is -0.866. The third-order valence-electron chi connectivity index (χ3n) is 3.06. The van der Waals surface area contributed by atoms with E-state index in [1.807, 2.05) is 13.8 Å². The van der Waals surface area contributed by atoms with Crippen LogP contribution in [-0.4, -0.2) is 41.3 Å². The number of nitrogens with one attached hydrogen (secondary N) is 2. The van der Waals surface area contributed by atoms with Gasteiger partial charge in [-0.1, -0.05) is 6.92 Å². The van der Waals surface area contributed by atoms with Crippen LogP contribution in [0.3, 0.4) is 0 Å². The minimum Gasteiger partial charge on any atom is -0.355 e. The molecule has 2 N–H and O–H groups in total. The second-order valence-electron chi connectivity index (χ2n) is 4.26. The summed E-state index contributed by atoms with van der Waals surface area (Å²) in [6.07, 6.45) is 1.66. The first-order chi connectivity index (χ1) is 7.02. The van der Waals surface area contributed by atoms with Gasteiger partial charge in [-0.05, 0) is 25.9 Å². The molecule has 88 valence electrons. The zero-order valence-electron chi connectivity index (χ0n) is 9.58. The Bertz CT molecular complexity index is 254. The fraction of sp³-hybridized carbons (Fsp3) is 0.900. The lowest BCUT2D eigenvalue weighted by atomic mass is 9.88. The predicted octanol–water partition coefficient (Wildman–Crippen LogP) is -0.275. The SMILES string of the molecule is CC(C(=O)NCC(C)S(C)=O)C1CNC1. The summed E-state index contributed by atoms with van der Waals surface area (Å²) in [5.74, 6) is 0.606. The first kappa shape index (κ1) is 12.6. The Morgan fingerprint density at radius 3 is 2.53 bits per heavy atom. The number of carbonyl (C=O) groups excluding carboxylic acids is 1. The summed E-state index contributed by atoms with van der Waals surface area (Å²) in [6.45, 7) is 6.21. The Kier molecular flexibility index (Phi) is 4.73. The van der Waals surface area contributed by atoms with Gasteiger partial charge < -0.3 is 10.6 Å². The van der Waals surface area contributed by atoms with Crippen molar-refractivity contribution in [2.45, 2.75) is 19.1 Å². The van der Waals surface area contributed by atoms with E-state index in [1.165, 1.54) is 0 Å². The molecular formula is C10H20N2O2S. The summed E-state index contributed by atoms with van der Waals surface area (Å²) >= 11 is 0. The fourth-order valence-electron chi connectivity index (χ4n) is 1.40. The van der Waals surface area contributed by atoms with Crippen LogP contribution < -0.4 is 10.6 Å². The van der Waals surface area contributed by atoms with Crippen molar-refractivity contribution in [1.82, 2.24) is 10.6 Å². The van der Waals surface area contributed by atoms with Crippen LogP contribution in [0.25, 0.3) is 0 Å². The molecule has 3 unspecified atom stereocenters. The van der Waals surface area contributed by atoms with Crippen LogP contribution in [0.5, 0.6) is 0 Å². The van der Waals surface area contributed by atoms with Crippen molar-refractivity contribution in [3.8, 4) is 0 Å². The van der Waals surface area contributed by atoms with Crippen LogP contribution in [0.4, 0.5) is 0 Å². The molecule has 1 heterocycles. The van der Waals surface area contributed by atoms with E-state index in [4.69, 9.17) is 0 Å². The van der Waals surface area contributed by atoms with Crippen LogP contribution in [0, 0.1) is 11.8 Å². The van der Waals surface area contributed by atoms with Crippen LogP contribution in [0.2, 0.25) is 0 Å². The van der Waals surface area contributed by atoms with Gasteiger partial charge in [0.25, 0.3) is 0 Å². The maximum Gasteiger partial charge on any atom is 0.223 e. The molecule has 0 aromatic carbocycles. The van der Waals surface area contributed by atoms with E-state index < -0.39 is 10.8 Å². The monoisotopic (exact) mass is 232 g/mol. The van der Waals surface area contributed by atoms with Crippen molar-refractivity contribution in [2.24, 2.45) is 11.8 Å². The van der Waals surface area contributed by atoms with Crippen molar-refractivity contribution >= 4 is 16.7 Å². The van der Waals surface area contributed by atoms with Gasteiger partial charge in [-0.2, -0.15) is 0 Å². The van der Waals surface area contributed by atoms with E-state index in [0.29, 0.717) is 12.5 Å². The molecule has 1 saturated heterocycles. The standard InChI is InChI=1S/C10H20N2O2S/c1-7(15(3)14)4-12-10(13)8(2)9-5-11-6-9/h7-9,11H,4-6H2,1-3H3,(H,12,13). The Morgan fingerprint density at radius 2 is 2.13 bits per heavy atom. The van der Waals surface area contributed by atoms with Gasteiger partial charge in [-0.25, -0.2) is 0 Å². The van der Waals surface area contributed by atoms with Crippen LogP contribution in [-0.2, 0) is 15.6 Å². The molecule has 0 bridgehead atoms. The molecule has 1 aliphatic heterocycles. The topological polar surface area (TPSA) is 58.2 Å². The van der Waals surface area contributed by atoms with E-state index in [-0.39, 0.29) is 17.1 Å². The number of amides is 1. The third-order valence-corrected chi connectivity index (χ3v) is 4.36. The van der Waals surface area contributed by atoms with Crippen molar-refractivity contribution in [3.63, 3.8) is 0 Å². The van der Waals surface area contributed by atoms with Crippen molar-refractivity contribution in [2.75, 3.05) is 25.9 Å². The maximum absolute atomic E-state index is 11.7. The zero-order valence-corrected chi connectivity index (χ0v) is 10.4. The van der Waals surface area contributed by atoms with Crippen molar-refractivity contribution in [1.29, 1.82) is 0 Å². The molecule has 1 amide bonds. The van der Waals surface area contributed by atoms with Crippen LogP contribution >= 0.6 is 0 Å². The fourth-order valence-corrected chi connectivity index (χ4v) is 1.72. The summed E-state index contributed by atoms with van der Waals surface area (Å²) in [5, 5.41) is 6.03. The molecule has 5 heteroatoms. The maximum atomic E-state index is 11.7. The average Bonchev–Trinajstić information content (AvgIpc) is 2.10. The van der Waals surface area contributed by atoms with Gasteiger partial charge in [0.15, 0.2) is 0 Å². The van der Waals surface area contributed by atoms with Gasteiger partial charge in [0.05, 0.1) is 0 Å². The van der Waals surface area contributed by atoms with E-state index in [1.54, 1.807) is 6.26 Å². The number of hydrogen-bond acceptors (Lipinski definition) is 3. The largest absolute Gasteiger partial charge is 0.355 e. The van der Waals surface area contributed by atoms with Gasteiger partial charge in [0.2, 0.25) is 5.91 Å². The van der Waals surface area contributed by atoms with Gasteiger partial charge in [0, 0.05) is 34.8 Å². The van der Waals surface area contributed by atoms with E-state index >= 15 is 0 Å². The minimum absolute atomic E-state index is 0.0284. The summed E-state index contributed by atoms with van der Waals surface area (Å²) in [4.78, 5) is 11.7. The Balaban J connectivity index is 2.25. The lowest BCUT2D eigenvalue weighted by molar-refractivity contribution is -0.126. The average molecular weight is 232 g/mol. The van der Waals surface area contributed by atoms with Crippen molar-refractivity contribution in [3.05, 3.63) is 0 Å². The quantitative estimate of drug-likeness (QED) is 0.686. The van der Waals surface area contributed by atoms with E-state index in [0.717, 1.165) is 13.1 Å². The molecule has 4 nitrogen and oxygen atoms in total. The number of rotatable bonds is 5. The summed E-state index contributed by atoms with van der Waals surface area (Å²) in [5.41, 5.74) is 0. The first-order valence-corrected chi connectivity index (χ1v) is 6.95. The number of carbonyl (C=O) groups is 1. The molecule has 0 aliphatic carbocycles. The minimum atomic E-state index is -0.866. The second kappa shape index (κ2) is 5.61. The highest BCUT2D eigenvalue weighted by Crippen LogP contribution is 2.15. The Hall–Kier alpha value is -0.420. The number of hydrogen-bond donors (Lipinski definition) is 2. The lowest BCUT2D eigenvalue weighted by Gasteiger charge is -2.31. The summed E-state index contributed by atoms with van der Waals surface area (Å²) in [6, 6.07) is 0. The molecule has 0 aromatic heterocycles.